The maximum Gasteiger partial charge on any atom is 0.269 e. The largest absolute Gasteiger partial charge is 0.395 e. The fourth-order valence-corrected chi connectivity index (χ4v) is 1.82. The van der Waals surface area contributed by atoms with Gasteiger partial charge in [-0.2, -0.15) is 0 Å². The number of carbonyl (C=O) groups excluding carboxylic acids is 1. The molecule has 0 aliphatic heterocycles. The average molecular weight is 266 g/mol. The van der Waals surface area contributed by atoms with E-state index in [4.69, 9.17) is 5.11 Å². The Hall–Kier alpha value is -1.95. The van der Waals surface area contributed by atoms with Crippen molar-refractivity contribution in [3.05, 3.63) is 39.9 Å². The van der Waals surface area contributed by atoms with Crippen LogP contribution in [-0.4, -0.2) is 40.5 Å². The highest BCUT2D eigenvalue weighted by atomic mass is 16.6. The van der Waals surface area contributed by atoms with E-state index in [1.807, 2.05) is 6.92 Å². The van der Waals surface area contributed by atoms with Crippen molar-refractivity contribution >= 4 is 11.6 Å². The van der Waals surface area contributed by atoms with Gasteiger partial charge in [0.05, 0.1) is 18.0 Å². The van der Waals surface area contributed by atoms with Gasteiger partial charge in [0.15, 0.2) is 0 Å². The Kier molecular flexibility index (Phi) is 5.95. The van der Waals surface area contributed by atoms with E-state index in [1.54, 1.807) is 17.0 Å². The van der Waals surface area contributed by atoms with Gasteiger partial charge in [-0.25, -0.2) is 0 Å². The van der Waals surface area contributed by atoms with Crippen molar-refractivity contribution in [2.24, 2.45) is 0 Å². The van der Waals surface area contributed by atoms with E-state index in [0.29, 0.717) is 18.7 Å². The van der Waals surface area contributed by atoms with E-state index in [9.17, 15) is 14.9 Å². The summed E-state index contributed by atoms with van der Waals surface area (Å²) < 4.78 is 0. The summed E-state index contributed by atoms with van der Waals surface area (Å²) >= 11 is 0. The lowest BCUT2D eigenvalue weighted by molar-refractivity contribution is -0.384. The van der Waals surface area contributed by atoms with Crippen molar-refractivity contribution < 1.29 is 14.8 Å². The molecule has 19 heavy (non-hydrogen) atoms. The molecule has 0 spiro atoms. The van der Waals surface area contributed by atoms with Crippen LogP contribution in [0.3, 0.4) is 0 Å². The molecule has 104 valence electrons. The molecule has 0 saturated carbocycles. The number of hydrogen-bond acceptors (Lipinski definition) is 4. The number of nitrogens with zero attached hydrogens (tertiary/aromatic N) is 2. The normalized spacial score (nSPS) is 10.2. The first-order valence-electron chi connectivity index (χ1n) is 6.20. The number of hydrogen-bond donors (Lipinski definition) is 1. The summed E-state index contributed by atoms with van der Waals surface area (Å²) in [6.45, 7) is 2.74. The van der Waals surface area contributed by atoms with Crippen LogP contribution in [0.1, 0.15) is 18.9 Å². The highest BCUT2D eigenvalue weighted by Gasteiger charge is 2.14. The molecule has 0 fully saturated rings. The van der Waals surface area contributed by atoms with E-state index in [1.165, 1.54) is 12.1 Å². The SMILES string of the molecule is CCCN(CCO)C(=O)Cc1cccc([N+](=O)[O-])c1. The molecular weight excluding hydrogens is 248 g/mol. The molecular formula is C13H18N2O4. The molecule has 0 saturated heterocycles. The van der Waals surface area contributed by atoms with Gasteiger partial charge in [0.2, 0.25) is 5.91 Å². The van der Waals surface area contributed by atoms with Gasteiger partial charge in [0.1, 0.15) is 0 Å². The van der Waals surface area contributed by atoms with Crippen molar-refractivity contribution in [1.82, 2.24) is 4.90 Å². The topological polar surface area (TPSA) is 83.7 Å². The lowest BCUT2D eigenvalue weighted by atomic mass is 10.1. The third-order valence-corrected chi connectivity index (χ3v) is 2.69. The lowest BCUT2D eigenvalue weighted by Crippen LogP contribution is -2.35. The smallest absolute Gasteiger partial charge is 0.269 e. The Morgan fingerprint density at radius 3 is 2.74 bits per heavy atom. The van der Waals surface area contributed by atoms with Crippen LogP contribution in [-0.2, 0) is 11.2 Å². The highest BCUT2D eigenvalue weighted by molar-refractivity contribution is 5.79. The molecule has 0 aliphatic rings. The van der Waals surface area contributed by atoms with E-state index in [2.05, 4.69) is 0 Å². The molecule has 1 N–H and O–H groups in total. The fraction of sp³-hybridized carbons (Fsp3) is 0.462. The van der Waals surface area contributed by atoms with Gasteiger partial charge in [-0.15, -0.1) is 0 Å². The number of aliphatic hydroxyl groups excluding tert-OH is 1. The van der Waals surface area contributed by atoms with Gasteiger partial charge in [-0.3, -0.25) is 14.9 Å². The molecule has 1 aromatic rings. The van der Waals surface area contributed by atoms with E-state index < -0.39 is 4.92 Å². The first kappa shape index (κ1) is 15.1. The zero-order valence-electron chi connectivity index (χ0n) is 10.9. The average Bonchev–Trinajstić information content (AvgIpc) is 2.38. The van der Waals surface area contributed by atoms with Crippen molar-refractivity contribution in [1.29, 1.82) is 0 Å². The molecule has 0 heterocycles. The molecule has 0 atom stereocenters. The molecule has 0 bridgehead atoms. The highest BCUT2D eigenvalue weighted by Crippen LogP contribution is 2.14. The second kappa shape index (κ2) is 7.48. The minimum absolute atomic E-state index is 0.0190. The van der Waals surface area contributed by atoms with Crippen LogP contribution < -0.4 is 0 Å². The van der Waals surface area contributed by atoms with Crippen LogP contribution >= 0.6 is 0 Å². The van der Waals surface area contributed by atoms with Gasteiger partial charge >= 0.3 is 0 Å². The van der Waals surface area contributed by atoms with E-state index in [-0.39, 0.29) is 24.6 Å². The van der Waals surface area contributed by atoms with Crippen LogP contribution in [0.15, 0.2) is 24.3 Å². The Morgan fingerprint density at radius 1 is 1.42 bits per heavy atom. The third kappa shape index (κ3) is 4.67. The maximum absolute atomic E-state index is 12.0. The van der Waals surface area contributed by atoms with E-state index >= 15 is 0 Å². The number of nitro groups is 1. The van der Waals surface area contributed by atoms with Crippen molar-refractivity contribution in [2.45, 2.75) is 19.8 Å². The monoisotopic (exact) mass is 266 g/mol. The summed E-state index contributed by atoms with van der Waals surface area (Å²) in [6, 6.07) is 6.05. The standard InChI is InChI=1S/C13H18N2O4/c1-2-6-14(7-8-16)13(17)10-11-4-3-5-12(9-11)15(18)19/h3-5,9,16H,2,6-8,10H2,1H3. The number of rotatable bonds is 7. The molecule has 0 radical (unpaired) electrons. The Balaban J connectivity index is 2.74. The second-order valence-electron chi connectivity index (χ2n) is 4.21. The zero-order valence-corrected chi connectivity index (χ0v) is 10.9. The Bertz CT molecular complexity index is 442. The molecule has 0 aliphatic carbocycles. The summed E-state index contributed by atoms with van der Waals surface area (Å²) in [5, 5.41) is 19.6. The molecule has 1 amide bonds. The van der Waals surface area contributed by atoms with Gasteiger partial charge in [-0.1, -0.05) is 19.1 Å². The number of nitro benzene ring substituents is 1. The lowest BCUT2D eigenvalue weighted by Gasteiger charge is -2.21. The van der Waals surface area contributed by atoms with Gasteiger partial charge in [0, 0.05) is 25.2 Å². The minimum atomic E-state index is -0.481. The zero-order chi connectivity index (χ0) is 14.3. The first-order chi connectivity index (χ1) is 9.08. The molecule has 0 unspecified atom stereocenters. The molecule has 1 aromatic carbocycles. The molecule has 1 rings (SSSR count). The summed E-state index contributed by atoms with van der Waals surface area (Å²) in [5.41, 5.74) is 0.591. The predicted octanol–water partition coefficient (Wildman–Crippen LogP) is 1.37. The summed E-state index contributed by atoms with van der Waals surface area (Å²) in [7, 11) is 0. The van der Waals surface area contributed by atoms with Crippen LogP contribution in [0.25, 0.3) is 0 Å². The minimum Gasteiger partial charge on any atom is -0.395 e. The van der Waals surface area contributed by atoms with Gasteiger partial charge in [-0.05, 0) is 12.0 Å². The van der Waals surface area contributed by atoms with E-state index in [0.717, 1.165) is 6.42 Å². The van der Waals surface area contributed by atoms with Crippen LogP contribution in [0.5, 0.6) is 0 Å². The number of non-ortho nitro benzene ring substituents is 1. The number of amides is 1. The second-order valence-corrected chi connectivity index (χ2v) is 4.21. The summed E-state index contributed by atoms with van der Waals surface area (Å²) in [4.78, 5) is 23.8. The summed E-state index contributed by atoms with van der Waals surface area (Å²) in [6.07, 6.45) is 0.919. The maximum atomic E-state index is 12.0. The van der Waals surface area contributed by atoms with Crippen molar-refractivity contribution in [3.63, 3.8) is 0 Å². The summed E-state index contributed by atoms with van der Waals surface area (Å²) in [5.74, 6) is -0.128. The van der Waals surface area contributed by atoms with Crippen LogP contribution in [0, 0.1) is 10.1 Å². The van der Waals surface area contributed by atoms with Crippen molar-refractivity contribution in [2.75, 3.05) is 19.7 Å². The van der Waals surface area contributed by atoms with Crippen LogP contribution in [0.2, 0.25) is 0 Å². The van der Waals surface area contributed by atoms with Crippen LogP contribution in [0.4, 0.5) is 5.69 Å². The number of benzene rings is 1. The van der Waals surface area contributed by atoms with Gasteiger partial charge in [0.25, 0.3) is 5.69 Å². The molecule has 6 nitrogen and oxygen atoms in total. The Labute approximate surface area is 111 Å². The Morgan fingerprint density at radius 2 is 2.16 bits per heavy atom. The van der Waals surface area contributed by atoms with Gasteiger partial charge < -0.3 is 10.0 Å². The predicted molar refractivity (Wildman–Crippen MR) is 70.8 cm³/mol. The third-order valence-electron chi connectivity index (χ3n) is 2.69. The molecule has 0 aromatic heterocycles. The number of aliphatic hydroxyl groups is 1. The number of carbonyl (C=O) groups is 1. The fourth-order valence-electron chi connectivity index (χ4n) is 1.82. The molecule has 6 heteroatoms. The van der Waals surface area contributed by atoms with Crippen molar-refractivity contribution in [3.8, 4) is 0 Å². The quantitative estimate of drug-likeness (QED) is 0.596. The first-order valence-corrected chi connectivity index (χ1v) is 6.20.